The summed E-state index contributed by atoms with van der Waals surface area (Å²) in [5.74, 6) is -1.64. The number of aliphatic carboxylic acids is 1. The van der Waals surface area contributed by atoms with Gasteiger partial charge >= 0.3 is 5.97 Å². The molecule has 92 valence electrons. The van der Waals surface area contributed by atoms with Gasteiger partial charge in [0.1, 0.15) is 6.04 Å². The highest BCUT2D eigenvalue weighted by atomic mass is 79.9. The van der Waals surface area contributed by atoms with Gasteiger partial charge in [-0.1, -0.05) is 22.0 Å². The molecule has 3 N–H and O–H groups in total. The molecular weight excluding hydrogens is 290 g/mol. The fourth-order valence-corrected chi connectivity index (χ4v) is 1.66. The van der Waals surface area contributed by atoms with E-state index in [1.165, 1.54) is 0 Å². The number of carbonyl (C=O) groups is 2. The minimum Gasteiger partial charge on any atom is -0.480 e. The number of nitrogens with one attached hydrogen (secondary N) is 1. The Balaban J connectivity index is 2.73. The summed E-state index contributed by atoms with van der Waals surface area (Å²) in [5, 5.41) is 19.9. The van der Waals surface area contributed by atoms with E-state index >= 15 is 0 Å². The largest absolute Gasteiger partial charge is 0.480 e. The van der Waals surface area contributed by atoms with Crippen molar-refractivity contribution in [1.29, 1.82) is 0 Å². The maximum absolute atomic E-state index is 11.7. The van der Waals surface area contributed by atoms with E-state index in [2.05, 4.69) is 21.2 Å². The van der Waals surface area contributed by atoms with E-state index in [1.54, 1.807) is 24.3 Å². The van der Waals surface area contributed by atoms with Crippen molar-refractivity contribution in [3.8, 4) is 0 Å². The van der Waals surface area contributed by atoms with E-state index in [9.17, 15) is 9.59 Å². The summed E-state index contributed by atoms with van der Waals surface area (Å²) in [5.41, 5.74) is 0.364. The Hall–Kier alpha value is -1.40. The van der Waals surface area contributed by atoms with Gasteiger partial charge in [-0.3, -0.25) is 4.79 Å². The van der Waals surface area contributed by atoms with Gasteiger partial charge in [0.2, 0.25) is 0 Å². The number of hydrogen-bond acceptors (Lipinski definition) is 3. The molecule has 0 aliphatic heterocycles. The summed E-state index contributed by atoms with van der Waals surface area (Å²) in [7, 11) is 0. The molecule has 0 saturated heterocycles. The van der Waals surface area contributed by atoms with Crippen molar-refractivity contribution in [2.75, 3.05) is 6.61 Å². The summed E-state index contributed by atoms with van der Waals surface area (Å²) in [4.78, 5) is 22.5. The summed E-state index contributed by atoms with van der Waals surface area (Å²) in [6.07, 6.45) is -0.0188. The Bertz CT molecular complexity index is 422. The Morgan fingerprint density at radius 3 is 2.65 bits per heavy atom. The molecule has 5 nitrogen and oxygen atoms in total. The monoisotopic (exact) mass is 301 g/mol. The fourth-order valence-electron chi connectivity index (χ4n) is 1.26. The van der Waals surface area contributed by atoms with Crippen molar-refractivity contribution in [1.82, 2.24) is 5.32 Å². The van der Waals surface area contributed by atoms with Crippen LogP contribution in [0.5, 0.6) is 0 Å². The van der Waals surface area contributed by atoms with E-state index in [-0.39, 0.29) is 13.0 Å². The molecule has 0 fully saturated rings. The molecule has 1 amide bonds. The Morgan fingerprint density at radius 1 is 1.41 bits per heavy atom. The van der Waals surface area contributed by atoms with Crippen LogP contribution in [0.15, 0.2) is 28.7 Å². The van der Waals surface area contributed by atoms with Crippen molar-refractivity contribution in [2.45, 2.75) is 12.5 Å². The second kappa shape index (κ2) is 6.36. The highest BCUT2D eigenvalue weighted by molar-refractivity contribution is 9.10. The molecule has 1 rings (SSSR count). The molecule has 0 saturated carbocycles. The zero-order chi connectivity index (χ0) is 12.8. The van der Waals surface area contributed by atoms with E-state index in [0.717, 1.165) is 4.47 Å². The lowest BCUT2D eigenvalue weighted by Crippen LogP contribution is -2.41. The Kier molecular flexibility index (Phi) is 5.11. The van der Waals surface area contributed by atoms with Crippen LogP contribution in [-0.4, -0.2) is 34.7 Å². The minimum atomic E-state index is -1.16. The third kappa shape index (κ3) is 4.16. The molecule has 0 aromatic heterocycles. The zero-order valence-corrected chi connectivity index (χ0v) is 10.5. The average molecular weight is 302 g/mol. The maximum atomic E-state index is 11.7. The third-order valence-corrected chi connectivity index (χ3v) is 2.60. The molecule has 0 radical (unpaired) electrons. The van der Waals surface area contributed by atoms with Gasteiger partial charge < -0.3 is 15.5 Å². The lowest BCUT2D eigenvalue weighted by molar-refractivity contribution is -0.139. The Labute approximate surface area is 107 Å². The number of carboxylic acid groups (broad SMARTS) is 1. The first-order valence-electron chi connectivity index (χ1n) is 4.94. The molecule has 0 aliphatic rings. The predicted octanol–water partition coefficient (Wildman–Crippen LogP) is 1.01. The lowest BCUT2D eigenvalue weighted by atomic mass is 10.1. The van der Waals surface area contributed by atoms with E-state index in [1.807, 2.05) is 0 Å². The summed E-state index contributed by atoms with van der Waals surface area (Å²) in [6.45, 7) is -0.296. The van der Waals surface area contributed by atoms with Gasteiger partial charge in [0.25, 0.3) is 5.91 Å². The van der Waals surface area contributed by atoms with Crippen LogP contribution in [0.3, 0.4) is 0 Å². The number of aliphatic hydroxyl groups excluding tert-OH is 1. The van der Waals surface area contributed by atoms with Crippen LogP contribution in [0.4, 0.5) is 0 Å². The van der Waals surface area contributed by atoms with Gasteiger partial charge in [0.15, 0.2) is 0 Å². The summed E-state index contributed by atoms with van der Waals surface area (Å²) < 4.78 is 0.735. The van der Waals surface area contributed by atoms with Crippen molar-refractivity contribution in [2.24, 2.45) is 0 Å². The maximum Gasteiger partial charge on any atom is 0.326 e. The molecule has 1 atom stereocenters. The van der Waals surface area contributed by atoms with Gasteiger partial charge in [0.05, 0.1) is 0 Å². The molecule has 0 aliphatic carbocycles. The van der Waals surface area contributed by atoms with Crippen LogP contribution in [0.2, 0.25) is 0 Å². The quantitative estimate of drug-likeness (QED) is 0.758. The molecule has 1 aromatic carbocycles. The smallest absolute Gasteiger partial charge is 0.326 e. The first kappa shape index (κ1) is 13.7. The van der Waals surface area contributed by atoms with Crippen molar-refractivity contribution >= 4 is 27.8 Å². The standard InChI is InChI=1S/C11H12BrNO4/c12-8-3-1-2-7(6-8)10(15)13-9(4-5-14)11(16)17/h1-3,6,9,14H,4-5H2,(H,13,15)(H,16,17)/t9-/m1/s1. The number of amides is 1. The first-order chi connectivity index (χ1) is 8.04. The number of benzene rings is 1. The molecule has 1 aromatic rings. The van der Waals surface area contributed by atoms with Crippen LogP contribution in [0, 0.1) is 0 Å². The second-order valence-corrected chi connectivity index (χ2v) is 4.30. The van der Waals surface area contributed by atoms with Crippen LogP contribution < -0.4 is 5.32 Å². The number of halogens is 1. The average Bonchev–Trinajstić information content (AvgIpc) is 2.28. The highest BCUT2D eigenvalue weighted by Crippen LogP contribution is 2.11. The molecule has 0 unspecified atom stereocenters. The van der Waals surface area contributed by atoms with Gasteiger partial charge in [-0.25, -0.2) is 4.79 Å². The second-order valence-electron chi connectivity index (χ2n) is 3.39. The summed E-state index contributed by atoms with van der Waals surface area (Å²) >= 11 is 3.22. The van der Waals surface area contributed by atoms with Crippen LogP contribution >= 0.6 is 15.9 Å². The molecule has 0 bridgehead atoms. The van der Waals surface area contributed by atoms with Gasteiger partial charge in [-0.2, -0.15) is 0 Å². The van der Waals surface area contributed by atoms with Crippen LogP contribution in [0.25, 0.3) is 0 Å². The normalized spacial score (nSPS) is 11.9. The zero-order valence-electron chi connectivity index (χ0n) is 8.89. The van der Waals surface area contributed by atoms with Gasteiger partial charge in [0, 0.05) is 23.1 Å². The van der Waals surface area contributed by atoms with E-state index in [4.69, 9.17) is 10.2 Å². The number of carboxylic acids is 1. The lowest BCUT2D eigenvalue weighted by Gasteiger charge is -2.13. The van der Waals surface area contributed by atoms with Crippen molar-refractivity contribution < 1.29 is 19.8 Å². The summed E-state index contributed by atoms with van der Waals surface area (Å²) in [6, 6.07) is 5.54. The van der Waals surface area contributed by atoms with E-state index in [0.29, 0.717) is 5.56 Å². The van der Waals surface area contributed by atoms with Gasteiger partial charge in [-0.15, -0.1) is 0 Å². The number of carbonyl (C=O) groups excluding carboxylic acids is 1. The first-order valence-corrected chi connectivity index (χ1v) is 5.74. The minimum absolute atomic E-state index is 0.0188. The molecular formula is C11H12BrNO4. The topological polar surface area (TPSA) is 86.6 Å². The number of aliphatic hydroxyl groups is 1. The molecule has 0 spiro atoms. The van der Waals surface area contributed by atoms with Gasteiger partial charge in [-0.05, 0) is 18.2 Å². The van der Waals surface area contributed by atoms with Crippen LogP contribution in [-0.2, 0) is 4.79 Å². The molecule has 6 heteroatoms. The van der Waals surface area contributed by atoms with E-state index < -0.39 is 17.9 Å². The SMILES string of the molecule is O=C(N[C@H](CCO)C(=O)O)c1cccc(Br)c1. The Morgan fingerprint density at radius 2 is 2.12 bits per heavy atom. The number of rotatable bonds is 5. The third-order valence-electron chi connectivity index (χ3n) is 2.11. The van der Waals surface area contributed by atoms with Crippen molar-refractivity contribution in [3.63, 3.8) is 0 Å². The molecule has 17 heavy (non-hydrogen) atoms. The fraction of sp³-hybridized carbons (Fsp3) is 0.273. The molecule has 0 heterocycles. The van der Waals surface area contributed by atoms with Crippen molar-refractivity contribution in [3.05, 3.63) is 34.3 Å². The number of hydrogen-bond donors (Lipinski definition) is 3. The predicted molar refractivity (Wildman–Crippen MR) is 64.7 cm³/mol. The highest BCUT2D eigenvalue weighted by Gasteiger charge is 2.19. The van der Waals surface area contributed by atoms with Crippen LogP contribution in [0.1, 0.15) is 16.8 Å².